The Morgan fingerprint density at radius 3 is 2.10 bits per heavy atom. The van der Waals surface area contributed by atoms with Gasteiger partial charge in [-0.2, -0.15) is 5.10 Å². The monoisotopic (exact) mass is 558 g/mol. The molecule has 0 unspecified atom stereocenters. The van der Waals surface area contributed by atoms with Gasteiger partial charge in [-0.15, -0.1) is 0 Å². The minimum absolute atomic E-state index is 0.0179. The molecule has 9 nitrogen and oxygen atoms in total. The molecule has 0 aliphatic heterocycles. The fourth-order valence-corrected chi connectivity index (χ4v) is 4.27. The summed E-state index contributed by atoms with van der Waals surface area (Å²) in [5.41, 5.74) is 4.31. The Morgan fingerprint density at radius 1 is 0.902 bits per heavy atom. The molecule has 0 radical (unpaired) electrons. The molecule has 4 rings (SSSR count). The van der Waals surface area contributed by atoms with Gasteiger partial charge in [0.2, 0.25) is 0 Å². The van der Waals surface area contributed by atoms with Crippen LogP contribution in [-0.4, -0.2) is 40.3 Å². The minimum Gasteiger partial charge on any atom is -0.459 e. The van der Waals surface area contributed by atoms with Crippen LogP contribution in [0.15, 0.2) is 78.9 Å². The van der Waals surface area contributed by atoms with Crippen LogP contribution in [0.2, 0.25) is 0 Å². The van der Waals surface area contributed by atoms with Gasteiger partial charge in [-0.05, 0) is 42.7 Å². The number of carbonyl (C=O) groups is 3. The summed E-state index contributed by atoms with van der Waals surface area (Å²) in [5.74, 6) is -2.28. The third-order valence-corrected chi connectivity index (χ3v) is 6.49. The molecular formula is C31H31FN4O5. The summed E-state index contributed by atoms with van der Waals surface area (Å²) in [6.07, 6.45) is -0.875. The fraction of sp³-hybridized carbons (Fsp3) is 0.226. The van der Waals surface area contributed by atoms with Crippen LogP contribution in [0.1, 0.15) is 32.9 Å². The summed E-state index contributed by atoms with van der Waals surface area (Å²) in [5, 5.41) is 9.37. The van der Waals surface area contributed by atoms with Gasteiger partial charge >= 0.3 is 12.1 Å². The molecule has 1 heterocycles. The average Bonchev–Trinajstić information content (AvgIpc) is 3.24. The van der Waals surface area contributed by atoms with Gasteiger partial charge in [0.05, 0.1) is 11.3 Å². The second-order valence-electron chi connectivity index (χ2n) is 9.43. The molecule has 0 spiro atoms. The molecule has 0 aliphatic carbocycles. The van der Waals surface area contributed by atoms with E-state index in [1.807, 2.05) is 26.0 Å². The smallest absolute Gasteiger partial charge is 0.408 e. The molecule has 0 saturated heterocycles. The predicted octanol–water partition coefficient (Wildman–Crippen LogP) is 4.61. The maximum Gasteiger partial charge on any atom is 0.408 e. The summed E-state index contributed by atoms with van der Waals surface area (Å²) in [4.78, 5) is 38.5. The van der Waals surface area contributed by atoms with Gasteiger partial charge in [0.25, 0.3) is 5.91 Å². The van der Waals surface area contributed by atoms with Gasteiger partial charge in [-0.25, -0.2) is 14.0 Å². The van der Waals surface area contributed by atoms with Crippen LogP contribution in [0.25, 0.3) is 11.1 Å². The number of nitrogens with one attached hydrogen (secondary N) is 2. The number of rotatable bonds is 10. The largest absolute Gasteiger partial charge is 0.459 e. The maximum absolute atomic E-state index is 14.7. The highest BCUT2D eigenvalue weighted by molar-refractivity contribution is 5.96. The number of aromatic nitrogens is 2. The highest BCUT2D eigenvalue weighted by Crippen LogP contribution is 2.28. The zero-order chi connectivity index (χ0) is 29.4. The highest BCUT2D eigenvalue weighted by Gasteiger charge is 2.25. The summed E-state index contributed by atoms with van der Waals surface area (Å²) < 4.78 is 27.1. The Bertz CT molecular complexity index is 1520. The molecule has 0 aliphatic rings. The molecule has 41 heavy (non-hydrogen) atoms. The van der Waals surface area contributed by atoms with E-state index in [1.165, 1.54) is 12.1 Å². The van der Waals surface area contributed by atoms with Crippen molar-refractivity contribution >= 4 is 18.0 Å². The van der Waals surface area contributed by atoms with Crippen LogP contribution >= 0.6 is 0 Å². The minimum atomic E-state index is -1.29. The first-order valence-corrected chi connectivity index (χ1v) is 13.0. The average molecular weight is 559 g/mol. The lowest BCUT2D eigenvalue weighted by molar-refractivity contribution is -0.147. The molecule has 10 heteroatoms. The number of alkyl carbamates (subject to hydrolysis) is 1. The van der Waals surface area contributed by atoms with E-state index < -0.39 is 29.8 Å². The molecule has 2 N–H and O–H groups in total. The van der Waals surface area contributed by atoms with Gasteiger partial charge in [-0.1, -0.05) is 66.7 Å². The number of ether oxygens (including phenoxy) is 2. The predicted molar refractivity (Wildman–Crippen MR) is 150 cm³/mol. The van der Waals surface area contributed by atoms with Crippen molar-refractivity contribution in [1.29, 1.82) is 0 Å². The van der Waals surface area contributed by atoms with Crippen LogP contribution < -0.4 is 10.6 Å². The first-order valence-electron chi connectivity index (χ1n) is 13.0. The lowest BCUT2D eigenvalue weighted by Crippen LogP contribution is -2.49. The molecule has 1 atom stereocenters. The van der Waals surface area contributed by atoms with Gasteiger partial charge in [0.1, 0.15) is 25.1 Å². The Hall–Kier alpha value is -4.99. The van der Waals surface area contributed by atoms with E-state index in [0.29, 0.717) is 5.56 Å². The van der Waals surface area contributed by atoms with E-state index in [9.17, 15) is 18.8 Å². The van der Waals surface area contributed by atoms with Gasteiger partial charge in [0, 0.05) is 24.8 Å². The molecule has 0 saturated carbocycles. The van der Waals surface area contributed by atoms with Crippen molar-refractivity contribution in [2.75, 3.05) is 6.54 Å². The summed E-state index contributed by atoms with van der Waals surface area (Å²) in [6, 6.07) is 21.0. The number of aryl methyl sites for hydroxylation is 2. The van der Waals surface area contributed by atoms with Crippen LogP contribution in [0.4, 0.5) is 9.18 Å². The Labute approximate surface area is 237 Å². The Balaban J connectivity index is 1.46. The molecule has 0 bridgehead atoms. The molecule has 4 aromatic rings. The molecule has 2 amide bonds. The van der Waals surface area contributed by atoms with Crippen molar-refractivity contribution in [3.05, 3.63) is 113 Å². The Morgan fingerprint density at radius 2 is 1.51 bits per heavy atom. The second kappa shape index (κ2) is 13.4. The van der Waals surface area contributed by atoms with Gasteiger partial charge in [0.15, 0.2) is 0 Å². The fourth-order valence-electron chi connectivity index (χ4n) is 4.27. The Kier molecular flexibility index (Phi) is 9.47. The molecule has 3 aromatic carbocycles. The number of nitrogens with zero attached hydrogens (tertiary/aromatic N) is 2. The normalized spacial score (nSPS) is 11.4. The lowest BCUT2D eigenvalue weighted by Gasteiger charge is -2.18. The summed E-state index contributed by atoms with van der Waals surface area (Å²) >= 11 is 0. The lowest BCUT2D eigenvalue weighted by atomic mass is 10.0. The molecule has 212 valence electrons. The first kappa shape index (κ1) is 29.0. The van der Waals surface area contributed by atoms with E-state index in [4.69, 9.17) is 9.47 Å². The second-order valence-corrected chi connectivity index (χ2v) is 9.43. The van der Waals surface area contributed by atoms with E-state index in [-0.39, 0.29) is 25.3 Å². The maximum atomic E-state index is 14.7. The van der Waals surface area contributed by atoms with Crippen molar-refractivity contribution in [1.82, 2.24) is 20.4 Å². The first-order chi connectivity index (χ1) is 19.7. The number of hydrogen-bond donors (Lipinski definition) is 2. The molecule has 0 fully saturated rings. The zero-order valence-electron chi connectivity index (χ0n) is 23.0. The molecular weight excluding hydrogens is 527 g/mol. The number of esters is 1. The number of amides is 2. The van der Waals surface area contributed by atoms with Crippen molar-refractivity contribution in [3.8, 4) is 11.1 Å². The van der Waals surface area contributed by atoms with Crippen LogP contribution in [0, 0.1) is 19.7 Å². The van der Waals surface area contributed by atoms with Crippen molar-refractivity contribution in [2.45, 2.75) is 33.1 Å². The van der Waals surface area contributed by atoms with Gasteiger partial charge in [-0.3, -0.25) is 9.48 Å². The van der Waals surface area contributed by atoms with Crippen molar-refractivity contribution < 1.29 is 28.2 Å². The van der Waals surface area contributed by atoms with Gasteiger partial charge < -0.3 is 20.1 Å². The van der Waals surface area contributed by atoms with Crippen molar-refractivity contribution in [3.63, 3.8) is 0 Å². The zero-order valence-corrected chi connectivity index (χ0v) is 23.0. The van der Waals surface area contributed by atoms with E-state index in [0.717, 1.165) is 28.1 Å². The molecule has 1 aromatic heterocycles. The van der Waals surface area contributed by atoms with E-state index >= 15 is 0 Å². The topological polar surface area (TPSA) is 112 Å². The number of carbonyl (C=O) groups excluding carboxylic acids is 3. The van der Waals surface area contributed by atoms with E-state index in [2.05, 4.69) is 15.7 Å². The standard InChI is InChI=1S/C31H31FN4O5/c1-20-28(21(2)36(3)35-20)24-14-15-26(32)25(16-24)29(37)33-17-27(30(38)40-18-22-10-6-4-7-11-22)34-31(39)41-19-23-12-8-5-9-13-23/h4-16,27H,17-19H2,1-3H3,(H,33,37)(H,34,39)/t27-/m1/s1. The number of benzene rings is 3. The van der Waals surface area contributed by atoms with Crippen LogP contribution in [0.3, 0.4) is 0 Å². The third kappa shape index (κ3) is 7.57. The summed E-state index contributed by atoms with van der Waals surface area (Å²) in [6.45, 7) is 3.30. The SMILES string of the molecule is Cc1nn(C)c(C)c1-c1ccc(F)c(C(=O)NC[C@@H](NC(=O)OCc2ccccc2)C(=O)OCc2ccccc2)c1. The third-order valence-electron chi connectivity index (χ3n) is 6.49. The van der Waals surface area contributed by atoms with Crippen molar-refractivity contribution in [2.24, 2.45) is 7.05 Å². The highest BCUT2D eigenvalue weighted by atomic mass is 19.1. The van der Waals surface area contributed by atoms with E-state index in [1.54, 1.807) is 66.3 Å². The van der Waals surface area contributed by atoms with Crippen LogP contribution in [-0.2, 0) is 34.5 Å². The summed E-state index contributed by atoms with van der Waals surface area (Å²) in [7, 11) is 1.80. The quantitative estimate of drug-likeness (QED) is 0.275. The number of hydrogen-bond acceptors (Lipinski definition) is 6. The number of halogens is 1. The van der Waals surface area contributed by atoms with Crippen LogP contribution in [0.5, 0.6) is 0 Å².